The SMILES string of the molecule is CC1(c2c(Cl)cccc2B2OC(C)(C)C(C)(C)O2)CC1. The molecule has 0 amide bonds. The zero-order valence-corrected chi connectivity index (χ0v) is 13.7. The van der Waals surface area contributed by atoms with E-state index < -0.39 is 0 Å². The van der Waals surface area contributed by atoms with Crippen molar-refractivity contribution in [2.24, 2.45) is 0 Å². The van der Waals surface area contributed by atoms with Gasteiger partial charge in [-0.05, 0) is 63.0 Å². The van der Waals surface area contributed by atoms with Gasteiger partial charge in [0.05, 0.1) is 11.2 Å². The summed E-state index contributed by atoms with van der Waals surface area (Å²) in [6.07, 6.45) is 2.37. The smallest absolute Gasteiger partial charge is 0.399 e. The van der Waals surface area contributed by atoms with Crippen molar-refractivity contribution in [3.63, 3.8) is 0 Å². The molecule has 20 heavy (non-hydrogen) atoms. The van der Waals surface area contributed by atoms with Crippen LogP contribution in [0.1, 0.15) is 53.0 Å². The van der Waals surface area contributed by atoms with Crippen molar-refractivity contribution in [1.82, 2.24) is 0 Å². The highest BCUT2D eigenvalue weighted by atomic mass is 35.5. The fraction of sp³-hybridized carbons (Fsp3) is 0.625. The summed E-state index contributed by atoms with van der Waals surface area (Å²) < 4.78 is 12.4. The van der Waals surface area contributed by atoms with Crippen LogP contribution in [0.4, 0.5) is 0 Å². The van der Waals surface area contributed by atoms with Crippen LogP contribution in [0.5, 0.6) is 0 Å². The summed E-state index contributed by atoms with van der Waals surface area (Å²) in [6.45, 7) is 10.6. The van der Waals surface area contributed by atoms with Crippen LogP contribution in [0.2, 0.25) is 5.02 Å². The van der Waals surface area contributed by atoms with Gasteiger partial charge in [-0.25, -0.2) is 0 Å². The molecule has 1 saturated heterocycles. The van der Waals surface area contributed by atoms with E-state index in [1.807, 2.05) is 12.1 Å². The van der Waals surface area contributed by atoms with Gasteiger partial charge >= 0.3 is 7.12 Å². The zero-order chi connectivity index (χ0) is 14.8. The highest BCUT2D eigenvalue weighted by Gasteiger charge is 2.54. The lowest BCUT2D eigenvalue weighted by molar-refractivity contribution is 0.00578. The molecule has 1 heterocycles. The Hall–Kier alpha value is -0.505. The van der Waals surface area contributed by atoms with Gasteiger partial charge in [-0.3, -0.25) is 0 Å². The van der Waals surface area contributed by atoms with Gasteiger partial charge in [0, 0.05) is 5.02 Å². The van der Waals surface area contributed by atoms with Gasteiger partial charge in [-0.2, -0.15) is 0 Å². The van der Waals surface area contributed by atoms with Crippen molar-refractivity contribution in [3.05, 3.63) is 28.8 Å². The summed E-state index contributed by atoms with van der Waals surface area (Å²) in [4.78, 5) is 0. The summed E-state index contributed by atoms with van der Waals surface area (Å²) in [5, 5.41) is 0.831. The monoisotopic (exact) mass is 292 g/mol. The molecule has 4 heteroatoms. The van der Waals surface area contributed by atoms with Crippen molar-refractivity contribution < 1.29 is 9.31 Å². The Kier molecular flexibility index (Phi) is 3.07. The summed E-state index contributed by atoms with van der Waals surface area (Å²) in [5.41, 5.74) is 1.86. The predicted octanol–water partition coefficient (Wildman–Crippen LogP) is 3.69. The molecule has 1 aromatic carbocycles. The van der Waals surface area contributed by atoms with Gasteiger partial charge in [-0.15, -0.1) is 0 Å². The van der Waals surface area contributed by atoms with E-state index in [9.17, 15) is 0 Å². The van der Waals surface area contributed by atoms with Crippen molar-refractivity contribution in [2.75, 3.05) is 0 Å². The van der Waals surface area contributed by atoms with E-state index in [0.29, 0.717) is 0 Å². The molecular weight excluding hydrogens is 270 g/mol. The Morgan fingerprint density at radius 2 is 1.55 bits per heavy atom. The van der Waals surface area contributed by atoms with E-state index in [0.717, 1.165) is 10.5 Å². The van der Waals surface area contributed by atoms with Gasteiger partial charge in [0.15, 0.2) is 0 Å². The highest BCUT2D eigenvalue weighted by Crippen LogP contribution is 2.50. The first-order valence-electron chi connectivity index (χ1n) is 7.31. The average molecular weight is 293 g/mol. The van der Waals surface area contributed by atoms with Gasteiger partial charge in [0.2, 0.25) is 0 Å². The molecule has 1 aliphatic carbocycles. The number of hydrogen-bond acceptors (Lipinski definition) is 2. The average Bonchev–Trinajstić information content (AvgIpc) is 3.00. The predicted molar refractivity (Wildman–Crippen MR) is 83.8 cm³/mol. The fourth-order valence-electron chi connectivity index (χ4n) is 2.78. The molecule has 2 aliphatic rings. The van der Waals surface area contributed by atoms with Crippen LogP contribution >= 0.6 is 11.6 Å². The minimum Gasteiger partial charge on any atom is -0.399 e. The highest BCUT2D eigenvalue weighted by molar-refractivity contribution is 6.63. The number of halogens is 1. The standard InChI is InChI=1S/C16H22BClO2/c1-14(2)15(3,4)20-17(19-14)11-7-6-8-12(18)13(11)16(5)9-10-16/h6-8H,9-10H2,1-5H3. The maximum absolute atomic E-state index is 6.46. The summed E-state index contributed by atoms with van der Waals surface area (Å²) >= 11 is 6.46. The molecule has 0 radical (unpaired) electrons. The molecule has 3 rings (SSSR count). The van der Waals surface area contributed by atoms with E-state index >= 15 is 0 Å². The van der Waals surface area contributed by atoms with Crippen LogP contribution in [0.15, 0.2) is 18.2 Å². The third-order valence-electron chi connectivity index (χ3n) is 5.16. The van der Waals surface area contributed by atoms with Crippen LogP contribution in [0, 0.1) is 0 Å². The lowest BCUT2D eigenvalue weighted by Gasteiger charge is -2.32. The van der Waals surface area contributed by atoms with Gasteiger partial charge in [-0.1, -0.05) is 30.7 Å². The zero-order valence-electron chi connectivity index (χ0n) is 12.9. The summed E-state index contributed by atoms with van der Waals surface area (Å²) in [5.74, 6) is 0. The second-order valence-corrected chi connectivity index (χ2v) is 7.76. The Morgan fingerprint density at radius 1 is 1.00 bits per heavy atom. The second-order valence-electron chi connectivity index (χ2n) is 7.35. The third-order valence-corrected chi connectivity index (χ3v) is 5.47. The Balaban J connectivity index is 2.03. The molecule has 0 bridgehead atoms. The minimum atomic E-state index is -0.328. The number of benzene rings is 1. The molecule has 0 aromatic heterocycles. The molecule has 2 nitrogen and oxygen atoms in total. The summed E-state index contributed by atoms with van der Waals surface area (Å²) in [7, 11) is -0.328. The van der Waals surface area contributed by atoms with Crippen LogP contribution in [0.3, 0.4) is 0 Å². The quantitative estimate of drug-likeness (QED) is 0.774. The van der Waals surface area contributed by atoms with E-state index in [-0.39, 0.29) is 23.7 Å². The Bertz CT molecular complexity index is 533. The van der Waals surface area contributed by atoms with Crippen LogP contribution in [-0.2, 0) is 14.7 Å². The van der Waals surface area contributed by atoms with Gasteiger partial charge in [0.25, 0.3) is 0 Å². The first-order valence-corrected chi connectivity index (χ1v) is 7.69. The maximum Gasteiger partial charge on any atom is 0.495 e. The van der Waals surface area contributed by atoms with Gasteiger partial charge < -0.3 is 9.31 Å². The van der Waals surface area contributed by atoms with E-state index in [4.69, 9.17) is 20.9 Å². The van der Waals surface area contributed by atoms with Crippen LogP contribution < -0.4 is 5.46 Å². The number of hydrogen-bond donors (Lipinski definition) is 0. The molecule has 0 unspecified atom stereocenters. The first kappa shape index (κ1) is 14.4. The topological polar surface area (TPSA) is 18.5 Å². The molecular formula is C16H22BClO2. The van der Waals surface area contributed by atoms with Crippen LogP contribution in [-0.4, -0.2) is 18.3 Å². The number of rotatable bonds is 2. The van der Waals surface area contributed by atoms with Crippen molar-refractivity contribution in [3.8, 4) is 0 Å². The first-order chi connectivity index (χ1) is 9.16. The lowest BCUT2D eigenvalue weighted by atomic mass is 9.72. The largest absolute Gasteiger partial charge is 0.495 e. The van der Waals surface area contributed by atoms with Crippen molar-refractivity contribution >= 4 is 24.2 Å². The third kappa shape index (κ3) is 2.11. The second kappa shape index (κ2) is 4.25. The van der Waals surface area contributed by atoms with Crippen LogP contribution in [0.25, 0.3) is 0 Å². The molecule has 108 valence electrons. The molecule has 2 fully saturated rings. The maximum atomic E-state index is 6.46. The minimum absolute atomic E-state index is 0.192. The van der Waals surface area contributed by atoms with Crippen molar-refractivity contribution in [1.29, 1.82) is 0 Å². The lowest BCUT2D eigenvalue weighted by Crippen LogP contribution is -2.41. The van der Waals surface area contributed by atoms with Gasteiger partial charge in [0.1, 0.15) is 0 Å². The molecule has 1 aliphatic heterocycles. The Labute approximate surface area is 126 Å². The molecule has 1 saturated carbocycles. The van der Waals surface area contributed by atoms with E-state index in [1.165, 1.54) is 18.4 Å². The van der Waals surface area contributed by atoms with Crippen molar-refractivity contribution in [2.45, 2.75) is 64.1 Å². The summed E-state index contributed by atoms with van der Waals surface area (Å²) in [6, 6.07) is 6.04. The Morgan fingerprint density at radius 3 is 2.05 bits per heavy atom. The molecule has 0 N–H and O–H groups in total. The van der Waals surface area contributed by atoms with E-state index in [2.05, 4.69) is 40.7 Å². The fourth-order valence-corrected chi connectivity index (χ4v) is 3.19. The molecule has 0 atom stereocenters. The molecule has 0 spiro atoms. The van der Waals surface area contributed by atoms with E-state index in [1.54, 1.807) is 0 Å². The molecule has 1 aromatic rings. The normalized spacial score (nSPS) is 25.8.